The molecule has 1 amide bonds. The molecule has 0 aliphatic heterocycles. The summed E-state index contributed by atoms with van der Waals surface area (Å²) in [6, 6.07) is 15.7. The first kappa shape index (κ1) is 16.0. The van der Waals surface area contributed by atoms with E-state index in [1.165, 1.54) is 5.56 Å². The molecule has 0 unspecified atom stereocenters. The third kappa shape index (κ3) is 4.90. The number of nitrogens with zero attached hydrogens (tertiary/aromatic N) is 1. The van der Waals surface area contributed by atoms with E-state index in [0.717, 1.165) is 17.0 Å². The van der Waals surface area contributed by atoms with E-state index in [-0.39, 0.29) is 5.91 Å². The van der Waals surface area contributed by atoms with Crippen molar-refractivity contribution in [2.45, 2.75) is 13.5 Å². The zero-order valence-electron chi connectivity index (χ0n) is 13.3. The lowest BCUT2D eigenvalue weighted by atomic mass is 10.2. The van der Waals surface area contributed by atoms with Gasteiger partial charge in [0.2, 0.25) is 5.91 Å². The molecule has 4 nitrogen and oxygen atoms in total. The van der Waals surface area contributed by atoms with Crippen LogP contribution in [0.15, 0.2) is 48.5 Å². The van der Waals surface area contributed by atoms with Gasteiger partial charge in [0.25, 0.3) is 0 Å². The molecule has 0 saturated heterocycles. The van der Waals surface area contributed by atoms with Crippen LogP contribution in [0.2, 0.25) is 0 Å². The molecule has 4 heteroatoms. The lowest BCUT2D eigenvalue weighted by Crippen LogP contribution is -2.29. The number of hydrogen-bond acceptors (Lipinski definition) is 3. The highest BCUT2D eigenvalue weighted by atomic mass is 16.5. The molecule has 0 radical (unpaired) electrons. The Labute approximate surface area is 131 Å². The summed E-state index contributed by atoms with van der Waals surface area (Å²) in [6.07, 6.45) is 0. The summed E-state index contributed by atoms with van der Waals surface area (Å²) in [4.78, 5) is 14.0. The Bertz CT molecular complexity index is 606. The number of hydrogen-bond donors (Lipinski definition) is 1. The minimum Gasteiger partial charge on any atom is -0.497 e. The van der Waals surface area contributed by atoms with Crippen molar-refractivity contribution >= 4 is 11.6 Å². The van der Waals surface area contributed by atoms with Gasteiger partial charge >= 0.3 is 0 Å². The second-order valence-electron chi connectivity index (χ2n) is 5.43. The SMILES string of the molecule is COc1ccc(CN(C)CC(=O)Nc2ccc(C)cc2)cc1. The Hall–Kier alpha value is -2.33. The number of likely N-dealkylation sites (N-methyl/N-ethyl adjacent to an activating group) is 1. The fourth-order valence-electron chi connectivity index (χ4n) is 2.18. The normalized spacial score (nSPS) is 10.5. The lowest BCUT2D eigenvalue weighted by Gasteiger charge is -2.16. The number of methoxy groups -OCH3 is 1. The molecule has 0 saturated carbocycles. The molecule has 0 fully saturated rings. The molecule has 0 aromatic heterocycles. The van der Waals surface area contributed by atoms with Gasteiger partial charge in [0.15, 0.2) is 0 Å². The van der Waals surface area contributed by atoms with Crippen molar-refractivity contribution in [2.24, 2.45) is 0 Å². The molecular weight excluding hydrogens is 276 g/mol. The van der Waals surface area contributed by atoms with E-state index in [4.69, 9.17) is 4.74 Å². The van der Waals surface area contributed by atoms with Gasteiger partial charge in [-0.25, -0.2) is 0 Å². The van der Waals surface area contributed by atoms with Crippen molar-refractivity contribution in [2.75, 3.05) is 26.0 Å². The minimum absolute atomic E-state index is 0.0140. The monoisotopic (exact) mass is 298 g/mol. The van der Waals surface area contributed by atoms with E-state index in [0.29, 0.717) is 13.1 Å². The molecule has 0 heterocycles. The summed E-state index contributed by atoms with van der Waals surface area (Å²) >= 11 is 0. The highest BCUT2D eigenvalue weighted by Crippen LogP contribution is 2.13. The standard InChI is InChI=1S/C18H22N2O2/c1-14-4-8-16(9-5-14)19-18(21)13-20(2)12-15-6-10-17(22-3)11-7-15/h4-11H,12-13H2,1-3H3,(H,19,21). The Balaban J connectivity index is 1.83. The highest BCUT2D eigenvalue weighted by Gasteiger charge is 2.07. The van der Waals surface area contributed by atoms with Crippen LogP contribution >= 0.6 is 0 Å². The van der Waals surface area contributed by atoms with E-state index >= 15 is 0 Å². The van der Waals surface area contributed by atoms with E-state index in [1.54, 1.807) is 7.11 Å². The van der Waals surface area contributed by atoms with Crippen LogP contribution in [0.25, 0.3) is 0 Å². The van der Waals surface area contributed by atoms with E-state index in [9.17, 15) is 4.79 Å². The van der Waals surface area contributed by atoms with E-state index in [2.05, 4.69) is 5.32 Å². The van der Waals surface area contributed by atoms with E-state index in [1.807, 2.05) is 67.4 Å². The van der Waals surface area contributed by atoms with Crippen molar-refractivity contribution in [1.29, 1.82) is 0 Å². The van der Waals surface area contributed by atoms with Crippen LogP contribution in [0.5, 0.6) is 5.75 Å². The highest BCUT2D eigenvalue weighted by molar-refractivity contribution is 5.92. The number of ether oxygens (including phenoxy) is 1. The number of anilines is 1. The molecule has 0 bridgehead atoms. The Morgan fingerprint density at radius 1 is 1.09 bits per heavy atom. The number of benzene rings is 2. The quantitative estimate of drug-likeness (QED) is 0.891. The van der Waals surface area contributed by atoms with Crippen LogP contribution in [0, 0.1) is 6.92 Å². The first-order valence-electron chi connectivity index (χ1n) is 7.25. The third-order valence-corrected chi connectivity index (χ3v) is 3.36. The Morgan fingerprint density at radius 2 is 1.73 bits per heavy atom. The largest absolute Gasteiger partial charge is 0.497 e. The fourth-order valence-corrected chi connectivity index (χ4v) is 2.18. The molecule has 0 spiro atoms. The first-order chi connectivity index (χ1) is 10.6. The predicted molar refractivity (Wildman–Crippen MR) is 89.1 cm³/mol. The van der Waals surface area contributed by atoms with Crippen LogP contribution in [0.1, 0.15) is 11.1 Å². The summed E-state index contributed by atoms with van der Waals surface area (Å²) in [5.41, 5.74) is 3.15. The number of aryl methyl sites for hydroxylation is 1. The first-order valence-corrected chi connectivity index (χ1v) is 7.25. The zero-order chi connectivity index (χ0) is 15.9. The van der Waals surface area contributed by atoms with Crippen LogP contribution < -0.4 is 10.1 Å². The third-order valence-electron chi connectivity index (χ3n) is 3.36. The lowest BCUT2D eigenvalue weighted by molar-refractivity contribution is -0.117. The second kappa shape index (κ2) is 7.61. The molecular formula is C18H22N2O2. The number of carbonyl (C=O) groups excluding carboxylic acids is 1. The average molecular weight is 298 g/mol. The van der Waals surface area contributed by atoms with Crippen LogP contribution in [-0.4, -0.2) is 31.5 Å². The fraction of sp³-hybridized carbons (Fsp3) is 0.278. The van der Waals surface area contributed by atoms with Crippen molar-refractivity contribution in [3.8, 4) is 5.75 Å². The molecule has 1 N–H and O–H groups in total. The Morgan fingerprint density at radius 3 is 2.32 bits per heavy atom. The van der Waals surface area contributed by atoms with Gasteiger partial charge in [-0.1, -0.05) is 29.8 Å². The van der Waals surface area contributed by atoms with Gasteiger partial charge in [-0.05, 0) is 43.8 Å². The molecule has 2 rings (SSSR count). The molecule has 2 aromatic carbocycles. The van der Waals surface area contributed by atoms with Gasteiger partial charge in [0, 0.05) is 12.2 Å². The van der Waals surface area contributed by atoms with Crippen LogP contribution in [0.3, 0.4) is 0 Å². The molecule has 22 heavy (non-hydrogen) atoms. The summed E-state index contributed by atoms with van der Waals surface area (Å²) < 4.78 is 5.14. The number of amides is 1. The summed E-state index contributed by atoms with van der Waals surface area (Å²) in [6.45, 7) is 3.08. The number of rotatable bonds is 6. The maximum absolute atomic E-state index is 12.0. The molecule has 0 aliphatic carbocycles. The van der Waals surface area contributed by atoms with Crippen LogP contribution in [0.4, 0.5) is 5.69 Å². The minimum atomic E-state index is -0.0140. The predicted octanol–water partition coefficient (Wildman–Crippen LogP) is 3.07. The van der Waals surface area contributed by atoms with Crippen LogP contribution in [-0.2, 0) is 11.3 Å². The van der Waals surface area contributed by atoms with Crippen molar-refractivity contribution in [1.82, 2.24) is 4.90 Å². The van der Waals surface area contributed by atoms with Gasteiger partial charge in [0.1, 0.15) is 5.75 Å². The van der Waals surface area contributed by atoms with Gasteiger partial charge in [-0.2, -0.15) is 0 Å². The van der Waals surface area contributed by atoms with Gasteiger partial charge in [-0.15, -0.1) is 0 Å². The smallest absolute Gasteiger partial charge is 0.238 e. The molecule has 0 atom stereocenters. The number of carbonyl (C=O) groups is 1. The Kier molecular flexibility index (Phi) is 5.55. The maximum atomic E-state index is 12.0. The maximum Gasteiger partial charge on any atom is 0.238 e. The molecule has 2 aromatic rings. The van der Waals surface area contributed by atoms with Crippen molar-refractivity contribution < 1.29 is 9.53 Å². The summed E-state index contributed by atoms with van der Waals surface area (Å²) in [7, 11) is 3.58. The van der Waals surface area contributed by atoms with Gasteiger partial charge < -0.3 is 10.1 Å². The zero-order valence-corrected chi connectivity index (χ0v) is 13.3. The molecule has 0 aliphatic rings. The summed E-state index contributed by atoms with van der Waals surface area (Å²) in [5, 5.41) is 2.90. The average Bonchev–Trinajstić information content (AvgIpc) is 2.50. The van der Waals surface area contributed by atoms with Gasteiger partial charge in [0.05, 0.1) is 13.7 Å². The van der Waals surface area contributed by atoms with Gasteiger partial charge in [-0.3, -0.25) is 9.69 Å². The van der Waals surface area contributed by atoms with Crippen molar-refractivity contribution in [3.63, 3.8) is 0 Å². The number of nitrogens with one attached hydrogen (secondary N) is 1. The van der Waals surface area contributed by atoms with Crippen molar-refractivity contribution in [3.05, 3.63) is 59.7 Å². The van der Waals surface area contributed by atoms with E-state index < -0.39 is 0 Å². The summed E-state index contributed by atoms with van der Waals surface area (Å²) in [5.74, 6) is 0.823. The second-order valence-corrected chi connectivity index (χ2v) is 5.43. The molecule has 116 valence electrons. The topological polar surface area (TPSA) is 41.6 Å².